The molecule has 1 aromatic carbocycles. The maximum Gasteiger partial charge on any atom is 0.123 e. The van der Waals surface area contributed by atoms with Gasteiger partial charge < -0.3 is 14.6 Å². The van der Waals surface area contributed by atoms with Gasteiger partial charge in [0.25, 0.3) is 0 Å². The molecule has 2 aromatic rings. The van der Waals surface area contributed by atoms with Crippen LogP contribution >= 0.6 is 11.8 Å². The molecule has 20 heavy (non-hydrogen) atoms. The molecule has 1 heterocycles. The summed E-state index contributed by atoms with van der Waals surface area (Å²) in [7, 11) is 4.13. The minimum atomic E-state index is 0.713. The number of benzene rings is 1. The van der Waals surface area contributed by atoms with Crippen LogP contribution in [0.1, 0.15) is 17.1 Å². The third kappa shape index (κ3) is 3.73. The minimum Gasteiger partial charge on any atom is -0.463 e. The fourth-order valence-corrected chi connectivity index (χ4v) is 2.57. The standard InChI is InChI=1S/C16H22N2OS/c1-12-5-6-13(9-16(12)18(2)3)17-10-14-7-8-15(19-14)11-20-4/h5-9,17H,10-11H2,1-4H3. The summed E-state index contributed by atoms with van der Waals surface area (Å²) in [5.74, 6) is 2.93. The molecule has 3 nitrogen and oxygen atoms in total. The Labute approximate surface area is 125 Å². The highest BCUT2D eigenvalue weighted by atomic mass is 32.2. The summed E-state index contributed by atoms with van der Waals surface area (Å²) in [5, 5.41) is 3.41. The first-order valence-corrected chi connectivity index (χ1v) is 8.08. The molecular formula is C16H22N2OS. The monoisotopic (exact) mass is 290 g/mol. The van der Waals surface area contributed by atoms with Crippen LogP contribution in [0.25, 0.3) is 0 Å². The van der Waals surface area contributed by atoms with Gasteiger partial charge in [0.2, 0.25) is 0 Å². The number of anilines is 2. The first kappa shape index (κ1) is 14.9. The van der Waals surface area contributed by atoms with Gasteiger partial charge in [0.1, 0.15) is 11.5 Å². The van der Waals surface area contributed by atoms with E-state index in [-0.39, 0.29) is 0 Å². The molecule has 0 saturated heterocycles. The molecule has 0 fully saturated rings. The predicted molar refractivity (Wildman–Crippen MR) is 88.8 cm³/mol. The second kappa shape index (κ2) is 6.75. The van der Waals surface area contributed by atoms with Crippen LogP contribution in [-0.2, 0) is 12.3 Å². The molecule has 0 amide bonds. The van der Waals surface area contributed by atoms with Crippen LogP contribution in [0.2, 0.25) is 0 Å². The van der Waals surface area contributed by atoms with E-state index in [0.717, 1.165) is 23.0 Å². The van der Waals surface area contributed by atoms with Crippen LogP contribution in [0.5, 0.6) is 0 Å². The Morgan fingerprint density at radius 2 is 1.90 bits per heavy atom. The fraction of sp³-hybridized carbons (Fsp3) is 0.375. The number of nitrogens with zero attached hydrogens (tertiary/aromatic N) is 1. The van der Waals surface area contributed by atoms with Crippen LogP contribution in [0.15, 0.2) is 34.7 Å². The Bertz CT molecular complexity index is 563. The smallest absolute Gasteiger partial charge is 0.123 e. The van der Waals surface area contributed by atoms with E-state index in [1.165, 1.54) is 11.3 Å². The second-order valence-corrected chi connectivity index (χ2v) is 5.92. The van der Waals surface area contributed by atoms with Crippen molar-refractivity contribution < 1.29 is 4.42 Å². The molecule has 0 bridgehead atoms. The maximum absolute atomic E-state index is 5.75. The zero-order valence-electron chi connectivity index (χ0n) is 12.6. The number of thioether (sulfide) groups is 1. The molecule has 0 spiro atoms. The van der Waals surface area contributed by atoms with Crippen molar-refractivity contribution in [3.63, 3.8) is 0 Å². The zero-order chi connectivity index (χ0) is 14.5. The van der Waals surface area contributed by atoms with Crippen molar-refractivity contribution in [3.8, 4) is 0 Å². The summed E-state index contributed by atoms with van der Waals surface area (Å²) in [6.45, 7) is 2.84. The lowest BCUT2D eigenvalue weighted by atomic mass is 10.1. The van der Waals surface area contributed by atoms with E-state index in [9.17, 15) is 0 Å². The Balaban J connectivity index is 2.01. The van der Waals surface area contributed by atoms with Crippen molar-refractivity contribution >= 4 is 23.1 Å². The van der Waals surface area contributed by atoms with Gasteiger partial charge >= 0.3 is 0 Å². The number of aryl methyl sites for hydroxylation is 1. The van der Waals surface area contributed by atoms with E-state index in [4.69, 9.17) is 4.42 Å². The SMILES string of the molecule is CSCc1ccc(CNc2ccc(C)c(N(C)C)c2)o1. The van der Waals surface area contributed by atoms with E-state index in [0.29, 0.717) is 6.54 Å². The Morgan fingerprint density at radius 3 is 2.60 bits per heavy atom. The maximum atomic E-state index is 5.75. The molecule has 0 aliphatic carbocycles. The van der Waals surface area contributed by atoms with Crippen LogP contribution < -0.4 is 10.2 Å². The quantitative estimate of drug-likeness (QED) is 0.866. The lowest BCUT2D eigenvalue weighted by Gasteiger charge is -2.17. The van der Waals surface area contributed by atoms with Gasteiger partial charge in [0.15, 0.2) is 0 Å². The van der Waals surface area contributed by atoms with Crippen molar-refractivity contribution in [2.24, 2.45) is 0 Å². The summed E-state index contributed by atoms with van der Waals surface area (Å²) < 4.78 is 5.75. The Kier molecular flexibility index (Phi) is 5.01. The fourth-order valence-electron chi connectivity index (χ4n) is 2.13. The topological polar surface area (TPSA) is 28.4 Å². The van der Waals surface area contributed by atoms with E-state index >= 15 is 0 Å². The first-order valence-electron chi connectivity index (χ1n) is 6.68. The third-order valence-electron chi connectivity index (χ3n) is 3.16. The Morgan fingerprint density at radius 1 is 1.15 bits per heavy atom. The number of rotatable bonds is 6. The summed E-state index contributed by atoms with van der Waals surface area (Å²) in [6, 6.07) is 10.5. The second-order valence-electron chi connectivity index (χ2n) is 5.05. The summed E-state index contributed by atoms with van der Waals surface area (Å²) in [5.41, 5.74) is 3.63. The predicted octanol–water partition coefficient (Wildman–Crippen LogP) is 4.13. The molecule has 1 N–H and O–H groups in total. The number of hydrogen-bond acceptors (Lipinski definition) is 4. The number of hydrogen-bond donors (Lipinski definition) is 1. The van der Waals surface area contributed by atoms with Crippen molar-refractivity contribution in [2.75, 3.05) is 30.6 Å². The largest absolute Gasteiger partial charge is 0.463 e. The highest BCUT2D eigenvalue weighted by Gasteiger charge is 2.04. The van der Waals surface area contributed by atoms with Crippen LogP contribution in [0.4, 0.5) is 11.4 Å². The van der Waals surface area contributed by atoms with Crippen molar-refractivity contribution in [2.45, 2.75) is 19.2 Å². The third-order valence-corrected chi connectivity index (χ3v) is 3.73. The van der Waals surface area contributed by atoms with Crippen LogP contribution in [0, 0.1) is 6.92 Å². The first-order chi connectivity index (χ1) is 9.60. The Hall–Kier alpha value is -1.55. The van der Waals surface area contributed by atoms with Crippen LogP contribution in [0.3, 0.4) is 0 Å². The number of nitrogens with one attached hydrogen (secondary N) is 1. The summed E-state index contributed by atoms with van der Waals surface area (Å²) in [4.78, 5) is 2.13. The molecule has 0 aliphatic heterocycles. The molecule has 0 saturated carbocycles. The molecule has 4 heteroatoms. The minimum absolute atomic E-state index is 0.713. The lowest BCUT2D eigenvalue weighted by Crippen LogP contribution is -2.10. The van der Waals surface area contributed by atoms with Crippen molar-refractivity contribution in [3.05, 3.63) is 47.4 Å². The van der Waals surface area contributed by atoms with Crippen LogP contribution in [-0.4, -0.2) is 20.4 Å². The van der Waals surface area contributed by atoms with Gasteiger partial charge in [0, 0.05) is 25.5 Å². The van der Waals surface area contributed by atoms with Gasteiger partial charge in [-0.3, -0.25) is 0 Å². The van der Waals surface area contributed by atoms with Gasteiger partial charge in [-0.25, -0.2) is 0 Å². The molecule has 0 radical (unpaired) electrons. The summed E-state index contributed by atoms with van der Waals surface area (Å²) >= 11 is 1.77. The molecule has 0 atom stereocenters. The molecule has 1 aromatic heterocycles. The lowest BCUT2D eigenvalue weighted by molar-refractivity contribution is 0.487. The molecular weight excluding hydrogens is 268 g/mol. The molecule has 2 rings (SSSR count). The normalized spacial score (nSPS) is 10.6. The summed E-state index contributed by atoms with van der Waals surface area (Å²) in [6.07, 6.45) is 2.08. The molecule has 0 aliphatic rings. The van der Waals surface area contributed by atoms with E-state index < -0.39 is 0 Å². The van der Waals surface area contributed by atoms with E-state index in [2.05, 4.69) is 55.7 Å². The van der Waals surface area contributed by atoms with Gasteiger partial charge in [-0.05, 0) is 43.0 Å². The van der Waals surface area contributed by atoms with Gasteiger partial charge in [-0.15, -0.1) is 0 Å². The van der Waals surface area contributed by atoms with Crippen molar-refractivity contribution in [1.29, 1.82) is 0 Å². The molecule has 108 valence electrons. The van der Waals surface area contributed by atoms with Gasteiger partial charge in [0.05, 0.1) is 12.3 Å². The van der Waals surface area contributed by atoms with E-state index in [1.807, 2.05) is 12.1 Å². The zero-order valence-corrected chi connectivity index (χ0v) is 13.4. The highest BCUT2D eigenvalue weighted by Crippen LogP contribution is 2.23. The molecule has 0 unspecified atom stereocenters. The van der Waals surface area contributed by atoms with E-state index in [1.54, 1.807) is 11.8 Å². The average molecular weight is 290 g/mol. The number of furan rings is 1. The van der Waals surface area contributed by atoms with Crippen molar-refractivity contribution in [1.82, 2.24) is 0 Å². The highest BCUT2D eigenvalue weighted by molar-refractivity contribution is 7.97. The average Bonchev–Trinajstić information content (AvgIpc) is 2.86. The van der Waals surface area contributed by atoms with Gasteiger partial charge in [-0.2, -0.15) is 11.8 Å². The van der Waals surface area contributed by atoms with Gasteiger partial charge in [-0.1, -0.05) is 6.07 Å².